The van der Waals surface area contributed by atoms with E-state index in [2.05, 4.69) is 15.6 Å². The molecule has 3 rings (SSSR count). The lowest BCUT2D eigenvalue weighted by Crippen LogP contribution is -2.27. The highest BCUT2D eigenvalue weighted by atomic mass is 35.5. The Bertz CT molecular complexity index is 1040. The lowest BCUT2D eigenvalue weighted by molar-refractivity contribution is -0.116. The molecule has 0 spiro atoms. The van der Waals surface area contributed by atoms with Gasteiger partial charge in [0.2, 0.25) is 5.91 Å². The van der Waals surface area contributed by atoms with Gasteiger partial charge < -0.3 is 10.6 Å². The van der Waals surface area contributed by atoms with Crippen LogP contribution in [0.2, 0.25) is 10.0 Å². The van der Waals surface area contributed by atoms with E-state index in [9.17, 15) is 14.0 Å². The molecule has 0 saturated heterocycles. The van der Waals surface area contributed by atoms with Gasteiger partial charge in [0, 0.05) is 35.5 Å². The Morgan fingerprint density at radius 1 is 1.14 bits per heavy atom. The Morgan fingerprint density at radius 2 is 1.97 bits per heavy atom. The molecule has 5 nitrogen and oxygen atoms in total. The summed E-state index contributed by atoms with van der Waals surface area (Å²) in [6, 6.07) is 11.1. The number of halogens is 3. The molecule has 0 bridgehead atoms. The molecule has 0 aliphatic rings. The van der Waals surface area contributed by atoms with Gasteiger partial charge in [-0.1, -0.05) is 35.3 Å². The summed E-state index contributed by atoms with van der Waals surface area (Å²) in [6.45, 7) is 0.110. The van der Waals surface area contributed by atoms with E-state index in [-0.39, 0.29) is 29.5 Å². The van der Waals surface area contributed by atoms with Crippen molar-refractivity contribution in [2.24, 2.45) is 0 Å². The van der Waals surface area contributed by atoms with Crippen molar-refractivity contribution in [1.29, 1.82) is 0 Å². The molecule has 29 heavy (non-hydrogen) atoms. The molecular formula is C20H16Cl2FN3O2S. The highest BCUT2D eigenvalue weighted by molar-refractivity contribution is 7.15. The molecule has 2 N–H and O–H groups in total. The van der Waals surface area contributed by atoms with Crippen molar-refractivity contribution in [2.75, 3.05) is 11.9 Å². The minimum absolute atomic E-state index is 0.0157. The number of anilines is 1. The van der Waals surface area contributed by atoms with Crippen molar-refractivity contribution < 1.29 is 14.0 Å². The summed E-state index contributed by atoms with van der Waals surface area (Å²) in [4.78, 5) is 29.3. The normalized spacial score (nSPS) is 10.6. The van der Waals surface area contributed by atoms with Gasteiger partial charge in [-0.05, 0) is 35.9 Å². The molecule has 1 aromatic heterocycles. The van der Waals surface area contributed by atoms with Crippen molar-refractivity contribution >= 4 is 51.5 Å². The Morgan fingerprint density at radius 3 is 2.72 bits per heavy atom. The fraction of sp³-hybridized carbons (Fsp3) is 0.150. The lowest BCUT2D eigenvalue weighted by atomic mass is 10.1. The number of benzene rings is 2. The number of aromatic nitrogens is 1. The second kappa shape index (κ2) is 9.82. The van der Waals surface area contributed by atoms with Gasteiger partial charge in [-0.25, -0.2) is 9.37 Å². The van der Waals surface area contributed by atoms with Gasteiger partial charge >= 0.3 is 0 Å². The van der Waals surface area contributed by atoms with E-state index < -0.39 is 11.7 Å². The number of carbonyl (C=O) groups is 2. The van der Waals surface area contributed by atoms with Gasteiger partial charge in [0.15, 0.2) is 5.13 Å². The molecule has 0 aliphatic carbocycles. The quantitative estimate of drug-likeness (QED) is 0.534. The van der Waals surface area contributed by atoms with E-state index in [1.807, 2.05) is 24.3 Å². The van der Waals surface area contributed by atoms with E-state index in [4.69, 9.17) is 23.2 Å². The molecule has 0 saturated carbocycles. The first-order valence-electron chi connectivity index (χ1n) is 8.63. The topological polar surface area (TPSA) is 71.1 Å². The second-order valence-electron chi connectivity index (χ2n) is 6.12. The average Bonchev–Trinajstić information content (AvgIpc) is 3.08. The van der Waals surface area contributed by atoms with Crippen molar-refractivity contribution in [1.82, 2.24) is 10.3 Å². The van der Waals surface area contributed by atoms with Gasteiger partial charge in [-0.3, -0.25) is 9.59 Å². The molecular weight excluding hydrogens is 436 g/mol. The number of rotatable bonds is 7. The van der Waals surface area contributed by atoms with E-state index in [0.29, 0.717) is 16.6 Å². The number of nitrogens with zero attached hydrogens (tertiary/aromatic N) is 1. The fourth-order valence-electron chi connectivity index (χ4n) is 2.54. The van der Waals surface area contributed by atoms with Gasteiger partial charge in [-0.2, -0.15) is 0 Å². The SMILES string of the molecule is O=C(CCNC(=O)c1ccc(F)cc1Cl)Nc1ncc(Cc2cccc(Cl)c2)s1. The Labute approximate surface area is 180 Å². The third-order valence-electron chi connectivity index (χ3n) is 3.88. The third-order valence-corrected chi connectivity index (χ3v) is 5.34. The van der Waals surface area contributed by atoms with Crippen LogP contribution in [0.3, 0.4) is 0 Å². The smallest absolute Gasteiger partial charge is 0.252 e. The zero-order valence-electron chi connectivity index (χ0n) is 15.0. The van der Waals surface area contributed by atoms with Crippen LogP contribution in [-0.2, 0) is 11.2 Å². The van der Waals surface area contributed by atoms with Gasteiger partial charge in [0.25, 0.3) is 5.91 Å². The largest absolute Gasteiger partial charge is 0.351 e. The van der Waals surface area contributed by atoms with Crippen LogP contribution in [0.1, 0.15) is 27.2 Å². The van der Waals surface area contributed by atoms with Crippen LogP contribution in [0.4, 0.5) is 9.52 Å². The minimum atomic E-state index is -0.524. The fourth-order valence-corrected chi connectivity index (χ4v) is 3.86. The van der Waals surface area contributed by atoms with Crippen LogP contribution in [-0.4, -0.2) is 23.3 Å². The summed E-state index contributed by atoms with van der Waals surface area (Å²) in [5.41, 5.74) is 1.21. The van der Waals surface area contributed by atoms with Gasteiger partial charge in [0.1, 0.15) is 5.82 Å². The number of hydrogen-bond acceptors (Lipinski definition) is 4. The highest BCUT2D eigenvalue weighted by Gasteiger charge is 2.12. The van der Waals surface area contributed by atoms with E-state index in [1.54, 1.807) is 6.20 Å². The molecule has 0 unspecified atom stereocenters. The first kappa shape index (κ1) is 21.2. The molecule has 0 aliphatic heterocycles. The number of amides is 2. The van der Waals surface area contributed by atoms with Crippen LogP contribution < -0.4 is 10.6 Å². The predicted octanol–water partition coefficient (Wildman–Crippen LogP) is 4.94. The summed E-state index contributed by atoms with van der Waals surface area (Å²) in [5.74, 6) is -1.27. The maximum absolute atomic E-state index is 13.0. The molecule has 0 fully saturated rings. The summed E-state index contributed by atoms with van der Waals surface area (Å²) < 4.78 is 13.0. The number of hydrogen-bond donors (Lipinski definition) is 2. The van der Waals surface area contributed by atoms with Gasteiger partial charge in [0.05, 0.1) is 10.6 Å². The summed E-state index contributed by atoms with van der Waals surface area (Å²) in [7, 11) is 0. The standard InChI is InChI=1S/C20H16Cl2FN3O2S/c21-13-3-1-2-12(8-13)9-15-11-25-20(29-15)26-18(27)6-7-24-19(28)16-5-4-14(23)10-17(16)22/h1-5,8,10-11H,6-7,9H2,(H,24,28)(H,25,26,27). The zero-order chi connectivity index (χ0) is 20.8. The Hall–Kier alpha value is -2.48. The van der Waals surface area contributed by atoms with Crippen molar-refractivity contribution in [3.8, 4) is 0 Å². The zero-order valence-corrected chi connectivity index (χ0v) is 17.4. The molecule has 0 atom stereocenters. The molecule has 150 valence electrons. The Balaban J connectivity index is 1.46. The molecule has 0 radical (unpaired) electrons. The third kappa shape index (κ3) is 6.25. The highest BCUT2D eigenvalue weighted by Crippen LogP contribution is 2.22. The number of nitrogens with one attached hydrogen (secondary N) is 2. The van der Waals surface area contributed by atoms with E-state index >= 15 is 0 Å². The van der Waals surface area contributed by atoms with E-state index in [1.165, 1.54) is 17.4 Å². The van der Waals surface area contributed by atoms with Crippen LogP contribution in [0.15, 0.2) is 48.7 Å². The van der Waals surface area contributed by atoms with Crippen molar-refractivity contribution in [3.05, 3.63) is 80.5 Å². The monoisotopic (exact) mass is 451 g/mol. The van der Waals surface area contributed by atoms with Gasteiger partial charge in [-0.15, -0.1) is 11.3 Å². The maximum atomic E-state index is 13.0. The van der Waals surface area contributed by atoms with Crippen LogP contribution in [0.5, 0.6) is 0 Å². The van der Waals surface area contributed by atoms with Crippen LogP contribution in [0, 0.1) is 5.82 Å². The van der Waals surface area contributed by atoms with E-state index in [0.717, 1.165) is 22.6 Å². The van der Waals surface area contributed by atoms with Crippen molar-refractivity contribution in [2.45, 2.75) is 12.8 Å². The molecule has 9 heteroatoms. The first-order chi connectivity index (χ1) is 13.9. The molecule has 3 aromatic rings. The minimum Gasteiger partial charge on any atom is -0.351 e. The summed E-state index contributed by atoms with van der Waals surface area (Å²) >= 11 is 13.2. The Kier molecular flexibility index (Phi) is 7.19. The number of thiazole rings is 1. The van der Waals surface area contributed by atoms with Crippen LogP contribution >= 0.6 is 34.5 Å². The summed E-state index contributed by atoms with van der Waals surface area (Å²) in [5, 5.41) is 6.46. The van der Waals surface area contributed by atoms with Crippen LogP contribution in [0.25, 0.3) is 0 Å². The molecule has 2 amide bonds. The maximum Gasteiger partial charge on any atom is 0.252 e. The summed E-state index contributed by atoms with van der Waals surface area (Å²) in [6.07, 6.45) is 2.44. The second-order valence-corrected chi connectivity index (χ2v) is 8.08. The first-order valence-corrected chi connectivity index (χ1v) is 10.2. The predicted molar refractivity (Wildman–Crippen MR) is 113 cm³/mol. The molecule has 1 heterocycles. The number of carbonyl (C=O) groups excluding carboxylic acids is 2. The molecule has 2 aromatic carbocycles. The lowest BCUT2D eigenvalue weighted by Gasteiger charge is -2.06. The average molecular weight is 452 g/mol. The van der Waals surface area contributed by atoms with Crippen molar-refractivity contribution in [3.63, 3.8) is 0 Å².